The largest absolute Gasteiger partial charge is 0.467 e. The first kappa shape index (κ1) is 14.2. The number of hydrogen-bond donors (Lipinski definition) is 2. The summed E-state index contributed by atoms with van der Waals surface area (Å²) in [5.41, 5.74) is 0. The van der Waals surface area contributed by atoms with Crippen molar-refractivity contribution >= 4 is 23.6 Å². The molecule has 6 heteroatoms. The second-order valence-corrected chi connectivity index (χ2v) is 4.75. The molecule has 0 aromatic rings. The molecule has 0 aliphatic carbocycles. The summed E-state index contributed by atoms with van der Waals surface area (Å²) in [5.74, 6) is -0.649. The zero-order chi connectivity index (χ0) is 11.8. The van der Waals surface area contributed by atoms with Crippen molar-refractivity contribution in [3.8, 4) is 0 Å². The van der Waals surface area contributed by atoms with Crippen molar-refractivity contribution < 1.29 is 19.4 Å². The third-order valence-electron chi connectivity index (χ3n) is 1.55. The minimum Gasteiger partial charge on any atom is -0.467 e. The Kier molecular flexibility index (Phi) is 7.15. The Labute approximate surface area is 93.6 Å². The quantitative estimate of drug-likeness (QED) is 0.622. The molecule has 15 heavy (non-hydrogen) atoms. The summed E-state index contributed by atoms with van der Waals surface area (Å²) >= 11 is 1.47. The van der Waals surface area contributed by atoms with Gasteiger partial charge in [0, 0.05) is 0 Å². The van der Waals surface area contributed by atoms with E-state index in [1.807, 2.05) is 13.8 Å². The maximum absolute atomic E-state index is 11.3. The number of amides is 1. The minimum absolute atomic E-state index is 0.269. The van der Waals surface area contributed by atoms with Crippen LogP contribution < -0.4 is 5.32 Å². The zero-order valence-electron chi connectivity index (χ0n) is 9.15. The van der Waals surface area contributed by atoms with E-state index >= 15 is 0 Å². The number of aliphatic hydroxyl groups excluding tert-OH is 1. The molecule has 0 aromatic heterocycles. The van der Waals surface area contributed by atoms with Gasteiger partial charge in [-0.2, -0.15) is 0 Å². The Balaban J connectivity index is 3.96. The van der Waals surface area contributed by atoms with Crippen LogP contribution in [0.15, 0.2) is 0 Å². The predicted molar refractivity (Wildman–Crippen MR) is 58.6 cm³/mol. The Morgan fingerprint density at radius 1 is 1.47 bits per heavy atom. The van der Waals surface area contributed by atoms with Crippen LogP contribution in [0.5, 0.6) is 0 Å². The maximum atomic E-state index is 11.3. The highest BCUT2D eigenvalue weighted by Crippen LogP contribution is 2.07. The molecule has 0 heterocycles. The number of esters is 1. The number of ether oxygens (including phenoxy) is 1. The summed E-state index contributed by atoms with van der Waals surface area (Å²) in [5, 5.41) is 11.6. The standard InChI is InChI=1S/C9H17NO4S/c1-6(2)15-5-8(12)10-7(4-11)9(13)14-3/h6-7,11H,4-5H2,1-3H3,(H,10,12). The predicted octanol–water partition coefficient (Wildman–Crippen LogP) is -0.222. The molecule has 0 spiro atoms. The normalized spacial score (nSPS) is 12.3. The zero-order valence-corrected chi connectivity index (χ0v) is 9.97. The van der Waals surface area contributed by atoms with Gasteiger partial charge < -0.3 is 15.2 Å². The highest BCUT2D eigenvalue weighted by atomic mass is 32.2. The molecule has 1 amide bonds. The van der Waals surface area contributed by atoms with Crippen LogP contribution >= 0.6 is 11.8 Å². The first-order valence-electron chi connectivity index (χ1n) is 4.61. The monoisotopic (exact) mass is 235 g/mol. The van der Waals surface area contributed by atoms with Gasteiger partial charge in [0.15, 0.2) is 6.04 Å². The fourth-order valence-electron chi connectivity index (χ4n) is 0.800. The highest BCUT2D eigenvalue weighted by Gasteiger charge is 2.20. The van der Waals surface area contributed by atoms with Crippen molar-refractivity contribution in [3.63, 3.8) is 0 Å². The third kappa shape index (κ3) is 6.35. The maximum Gasteiger partial charge on any atom is 0.330 e. The molecule has 0 saturated heterocycles. The van der Waals surface area contributed by atoms with Crippen LogP contribution in [0.3, 0.4) is 0 Å². The van der Waals surface area contributed by atoms with E-state index in [4.69, 9.17) is 5.11 Å². The van der Waals surface area contributed by atoms with Crippen LogP contribution in [-0.4, -0.2) is 47.7 Å². The van der Waals surface area contributed by atoms with E-state index in [1.54, 1.807) is 0 Å². The summed E-state index contributed by atoms with van der Waals surface area (Å²) in [4.78, 5) is 22.3. The molecule has 0 bridgehead atoms. The lowest BCUT2D eigenvalue weighted by Gasteiger charge is -2.13. The molecule has 0 radical (unpaired) electrons. The van der Waals surface area contributed by atoms with Crippen molar-refractivity contribution in [1.82, 2.24) is 5.32 Å². The molecular formula is C9H17NO4S. The molecule has 0 aromatic carbocycles. The van der Waals surface area contributed by atoms with Gasteiger partial charge in [-0.1, -0.05) is 13.8 Å². The van der Waals surface area contributed by atoms with E-state index in [1.165, 1.54) is 18.9 Å². The van der Waals surface area contributed by atoms with Crippen molar-refractivity contribution in [1.29, 1.82) is 0 Å². The van der Waals surface area contributed by atoms with Crippen LogP contribution in [0.1, 0.15) is 13.8 Å². The molecule has 1 atom stereocenters. The number of rotatable bonds is 6. The van der Waals surface area contributed by atoms with Gasteiger partial charge >= 0.3 is 5.97 Å². The lowest BCUT2D eigenvalue weighted by molar-refractivity contribution is -0.145. The van der Waals surface area contributed by atoms with E-state index in [0.717, 1.165) is 0 Å². The number of aliphatic hydroxyl groups is 1. The Bertz CT molecular complexity index is 220. The topological polar surface area (TPSA) is 75.6 Å². The Morgan fingerprint density at radius 2 is 2.07 bits per heavy atom. The second-order valence-electron chi connectivity index (χ2n) is 3.19. The van der Waals surface area contributed by atoms with Crippen molar-refractivity contribution in [2.45, 2.75) is 25.1 Å². The average Bonchev–Trinajstić information content (AvgIpc) is 2.21. The van der Waals surface area contributed by atoms with Crippen molar-refractivity contribution in [2.24, 2.45) is 0 Å². The number of thioether (sulfide) groups is 1. The molecule has 5 nitrogen and oxygen atoms in total. The van der Waals surface area contributed by atoms with Gasteiger partial charge in [0.05, 0.1) is 19.5 Å². The molecule has 0 aliphatic heterocycles. The summed E-state index contributed by atoms with van der Waals surface area (Å²) in [6.07, 6.45) is 0. The lowest BCUT2D eigenvalue weighted by Crippen LogP contribution is -2.44. The van der Waals surface area contributed by atoms with Gasteiger partial charge in [0.2, 0.25) is 5.91 Å². The fourth-order valence-corrected chi connectivity index (χ4v) is 1.37. The smallest absolute Gasteiger partial charge is 0.330 e. The lowest BCUT2D eigenvalue weighted by atomic mass is 10.3. The molecule has 0 aliphatic rings. The number of carbonyl (C=O) groups is 2. The molecule has 2 N–H and O–H groups in total. The van der Waals surface area contributed by atoms with E-state index in [2.05, 4.69) is 10.1 Å². The second kappa shape index (κ2) is 7.53. The molecular weight excluding hydrogens is 218 g/mol. The van der Waals surface area contributed by atoms with Crippen molar-refractivity contribution in [3.05, 3.63) is 0 Å². The number of nitrogens with one attached hydrogen (secondary N) is 1. The van der Waals surface area contributed by atoms with Gasteiger partial charge in [0.1, 0.15) is 0 Å². The van der Waals surface area contributed by atoms with E-state index in [0.29, 0.717) is 5.25 Å². The third-order valence-corrected chi connectivity index (χ3v) is 2.65. The van der Waals surface area contributed by atoms with Gasteiger partial charge in [-0.3, -0.25) is 4.79 Å². The fraction of sp³-hybridized carbons (Fsp3) is 0.778. The summed E-state index contributed by atoms with van der Waals surface area (Å²) in [7, 11) is 1.21. The SMILES string of the molecule is COC(=O)C(CO)NC(=O)CSC(C)C. The van der Waals surface area contributed by atoms with Gasteiger partial charge in [-0.15, -0.1) is 11.8 Å². The average molecular weight is 235 g/mol. The van der Waals surface area contributed by atoms with Gasteiger partial charge in [0.25, 0.3) is 0 Å². The summed E-state index contributed by atoms with van der Waals surface area (Å²) < 4.78 is 4.41. The van der Waals surface area contributed by atoms with E-state index < -0.39 is 18.6 Å². The molecule has 0 fully saturated rings. The van der Waals surface area contributed by atoms with Crippen LogP contribution in [-0.2, 0) is 14.3 Å². The van der Waals surface area contributed by atoms with E-state index in [9.17, 15) is 9.59 Å². The number of hydrogen-bond acceptors (Lipinski definition) is 5. The van der Waals surface area contributed by atoms with Crippen LogP contribution in [0.4, 0.5) is 0 Å². The first-order chi connectivity index (χ1) is 7.01. The van der Waals surface area contributed by atoms with Gasteiger partial charge in [-0.25, -0.2) is 4.79 Å². The minimum atomic E-state index is -0.963. The Hall–Kier alpha value is -0.750. The highest BCUT2D eigenvalue weighted by molar-refractivity contribution is 8.00. The van der Waals surface area contributed by atoms with E-state index in [-0.39, 0.29) is 11.7 Å². The molecule has 88 valence electrons. The summed E-state index contributed by atoms with van der Waals surface area (Å²) in [6, 6.07) is -0.963. The molecule has 1 unspecified atom stereocenters. The first-order valence-corrected chi connectivity index (χ1v) is 5.65. The van der Waals surface area contributed by atoms with Crippen LogP contribution in [0.25, 0.3) is 0 Å². The Morgan fingerprint density at radius 3 is 2.47 bits per heavy atom. The number of methoxy groups -OCH3 is 1. The molecule has 0 saturated carbocycles. The van der Waals surface area contributed by atoms with Crippen molar-refractivity contribution in [2.75, 3.05) is 19.5 Å². The van der Waals surface area contributed by atoms with Crippen LogP contribution in [0.2, 0.25) is 0 Å². The van der Waals surface area contributed by atoms with Gasteiger partial charge in [-0.05, 0) is 5.25 Å². The molecule has 0 rings (SSSR count). The number of carbonyl (C=O) groups excluding carboxylic acids is 2. The summed E-state index contributed by atoms with van der Waals surface area (Å²) in [6.45, 7) is 3.49. The van der Waals surface area contributed by atoms with Crippen LogP contribution in [0, 0.1) is 0 Å².